The molecular formula is C26H23ClN2O3S. The number of thioether (sulfide) groups is 1. The first-order valence-corrected chi connectivity index (χ1v) is 11.7. The minimum atomic E-state index is -0.206. The summed E-state index contributed by atoms with van der Waals surface area (Å²) in [6, 6.07) is 22.7. The number of nitrogens with one attached hydrogen (secondary N) is 1. The molecule has 3 aromatic carbocycles. The van der Waals surface area contributed by atoms with Gasteiger partial charge in [0.15, 0.2) is 0 Å². The molecule has 0 unspecified atom stereocenters. The number of fused-ring (bicyclic) bond motifs is 1. The van der Waals surface area contributed by atoms with Crippen LogP contribution in [0.1, 0.15) is 11.1 Å². The summed E-state index contributed by atoms with van der Waals surface area (Å²) < 4.78 is 5.20. The highest BCUT2D eigenvalue weighted by atomic mass is 35.5. The normalized spacial score (nSPS) is 14.2. The van der Waals surface area contributed by atoms with Crippen LogP contribution in [0.5, 0.6) is 5.75 Å². The van der Waals surface area contributed by atoms with Crippen molar-refractivity contribution in [3.05, 3.63) is 93.9 Å². The van der Waals surface area contributed by atoms with Crippen LogP contribution in [0.2, 0.25) is 5.02 Å². The first-order valence-electron chi connectivity index (χ1n) is 10.5. The lowest BCUT2D eigenvalue weighted by atomic mass is 10.1. The molecular weight excluding hydrogens is 456 g/mol. The molecule has 4 rings (SSSR count). The van der Waals surface area contributed by atoms with Crippen molar-refractivity contribution in [3.8, 4) is 5.75 Å². The minimum Gasteiger partial charge on any atom is -0.497 e. The van der Waals surface area contributed by atoms with Gasteiger partial charge in [-0.15, -0.1) is 0 Å². The summed E-state index contributed by atoms with van der Waals surface area (Å²) in [5.41, 5.74) is 2.71. The SMILES string of the molecule is COc1ccc(/C=C2\Sc3ccccc3N(CC(=O)NCCc3ccc(Cl)cc3)C2=O)cc1. The van der Waals surface area contributed by atoms with Crippen molar-refractivity contribution in [1.29, 1.82) is 0 Å². The van der Waals surface area contributed by atoms with E-state index in [2.05, 4.69) is 5.32 Å². The maximum Gasteiger partial charge on any atom is 0.265 e. The number of ether oxygens (including phenoxy) is 1. The number of methoxy groups -OCH3 is 1. The predicted octanol–water partition coefficient (Wildman–Crippen LogP) is 5.19. The van der Waals surface area contributed by atoms with E-state index in [4.69, 9.17) is 16.3 Å². The highest BCUT2D eigenvalue weighted by Crippen LogP contribution is 2.41. The first-order chi connectivity index (χ1) is 16.0. The zero-order valence-electron chi connectivity index (χ0n) is 18.1. The summed E-state index contributed by atoms with van der Waals surface area (Å²) in [7, 11) is 1.61. The lowest BCUT2D eigenvalue weighted by molar-refractivity contribution is -0.122. The second kappa shape index (κ2) is 10.6. The number of para-hydroxylation sites is 1. The van der Waals surface area contributed by atoms with Crippen molar-refractivity contribution >= 4 is 46.9 Å². The lowest BCUT2D eigenvalue weighted by Crippen LogP contribution is -2.43. The fourth-order valence-corrected chi connectivity index (χ4v) is 4.65. The number of carbonyl (C=O) groups is 2. The Morgan fingerprint density at radius 3 is 2.52 bits per heavy atom. The molecule has 0 saturated heterocycles. The van der Waals surface area contributed by atoms with Crippen molar-refractivity contribution in [3.63, 3.8) is 0 Å². The molecule has 1 heterocycles. The van der Waals surface area contributed by atoms with Crippen LogP contribution in [0.15, 0.2) is 82.6 Å². The van der Waals surface area contributed by atoms with Crippen LogP contribution in [-0.2, 0) is 16.0 Å². The minimum absolute atomic E-state index is 0.0447. The van der Waals surface area contributed by atoms with Crippen molar-refractivity contribution in [2.24, 2.45) is 0 Å². The molecule has 0 fully saturated rings. The Kier molecular flexibility index (Phi) is 7.37. The smallest absolute Gasteiger partial charge is 0.265 e. The van der Waals surface area contributed by atoms with Crippen LogP contribution < -0.4 is 15.0 Å². The van der Waals surface area contributed by atoms with Gasteiger partial charge >= 0.3 is 0 Å². The molecule has 0 atom stereocenters. The summed E-state index contributed by atoms with van der Waals surface area (Å²) >= 11 is 7.33. The van der Waals surface area contributed by atoms with Crippen molar-refractivity contribution in [1.82, 2.24) is 5.32 Å². The predicted molar refractivity (Wildman–Crippen MR) is 134 cm³/mol. The Morgan fingerprint density at radius 1 is 1.06 bits per heavy atom. The van der Waals surface area contributed by atoms with E-state index in [0.29, 0.717) is 22.9 Å². The average Bonchev–Trinajstić information content (AvgIpc) is 2.83. The van der Waals surface area contributed by atoms with E-state index in [0.717, 1.165) is 27.5 Å². The van der Waals surface area contributed by atoms with E-state index in [1.807, 2.05) is 78.9 Å². The van der Waals surface area contributed by atoms with Gasteiger partial charge in [0.1, 0.15) is 12.3 Å². The second-order valence-corrected chi connectivity index (χ2v) is 8.99. The highest BCUT2D eigenvalue weighted by Gasteiger charge is 2.30. The number of anilines is 1. The number of benzene rings is 3. The molecule has 0 bridgehead atoms. The van der Waals surface area contributed by atoms with Crippen LogP contribution in [0.25, 0.3) is 6.08 Å². The van der Waals surface area contributed by atoms with Crippen molar-refractivity contribution in [2.75, 3.05) is 25.1 Å². The molecule has 0 spiro atoms. The molecule has 0 aliphatic carbocycles. The van der Waals surface area contributed by atoms with E-state index in [1.165, 1.54) is 11.8 Å². The van der Waals surface area contributed by atoms with Gasteiger partial charge in [-0.2, -0.15) is 0 Å². The molecule has 5 nitrogen and oxygen atoms in total. The van der Waals surface area contributed by atoms with E-state index in [-0.39, 0.29) is 18.4 Å². The van der Waals surface area contributed by atoms with E-state index >= 15 is 0 Å². The largest absolute Gasteiger partial charge is 0.497 e. The number of amides is 2. The summed E-state index contributed by atoms with van der Waals surface area (Å²) in [4.78, 5) is 29.0. The van der Waals surface area contributed by atoms with Gasteiger partial charge in [-0.05, 0) is 60.0 Å². The summed E-state index contributed by atoms with van der Waals surface area (Å²) in [5.74, 6) is 0.354. The van der Waals surface area contributed by atoms with Gasteiger partial charge in [-0.3, -0.25) is 14.5 Å². The molecule has 1 N–H and O–H groups in total. The third-order valence-electron chi connectivity index (χ3n) is 5.20. The second-order valence-electron chi connectivity index (χ2n) is 7.47. The van der Waals surface area contributed by atoms with Crippen LogP contribution in [0.3, 0.4) is 0 Å². The molecule has 1 aliphatic rings. The molecule has 7 heteroatoms. The topological polar surface area (TPSA) is 58.6 Å². The maximum atomic E-state index is 13.3. The Balaban J connectivity index is 1.47. The standard InChI is InChI=1S/C26H23ClN2O3S/c1-32-21-12-8-19(9-13-21)16-24-26(31)29(22-4-2-3-5-23(22)33-24)17-25(30)28-15-14-18-6-10-20(27)11-7-18/h2-13,16H,14-15,17H2,1H3,(H,28,30)/b24-16-. The fourth-order valence-electron chi connectivity index (χ4n) is 3.47. The Bertz CT molecular complexity index is 1180. The van der Waals surface area contributed by atoms with Gasteiger partial charge in [0, 0.05) is 16.5 Å². The van der Waals surface area contributed by atoms with Gasteiger partial charge in [-0.25, -0.2) is 0 Å². The van der Waals surface area contributed by atoms with Crippen molar-refractivity contribution in [2.45, 2.75) is 11.3 Å². The Hall–Kier alpha value is -3.22. The molecule has 0 saturated carbocycles. The van der Waals surface area contributed by atoms with E-state index < -0.39 is 0 Å². The van der Waals surface area contributed by atoms with Gasteiger partial charge in [0.25, 0.3) is 5.91 Å². The molecule has 0 radical (unpaired) electrons. The van der Waals surface area contributed by atoms with Gasteiger partial charge in [0.2, 0.25) is 5.91 Å². The summed E-state index contributed by atoms with van der Waals surface area (Å²) in [6.45, 7) is 0.435. The Morgan fingerprint density at radius 2 is 1.79 bits per heavy atom. The van der Waals surface area contributed by atoms with Gasteiger partial charge < -0.3 is 10.1 Å². The average molecular weight is 479 g/mol. The molecule has 0 aromatic heterocycles. The van der Waals surface area contributed by atoms with E-state index in [1.54, 1.807) is 12.0 Å². The third kappa shape index (κ3) is 5.78. The highest BCUT2D eigenvalue weighted by molar-refractivity contribution is 8.04. The third-order valence-corrected chi connectivity index (χ3v) is 6.53. The number of hydrogen-bond acceptors (Lipinski definition) is 4. The van der Waals surface area contributed by atoms with Crippen LogP contribution in [0.4, 0.5) is 5.69 Å². The molecule has 2 amide bonds. The van der Waals surface area contributed by atoms with Crippen LogP contribution >= 0.6 is 23.4 Å². The zero-order chi connectivity index (χ0) is 23.2. The molecule has 33 heavy (non-hydrogen) atoms. The van der Waals surface area contributed by atoms with Crippen LogP contribution in [0, 0.1) is 0 Å². The fraction of sp³-hybridized carbons (Fsp3) is 0.154. The molecule has 168 valence electrons. The van der Waals surface area contributed by atoms with E-state index in [9.17, 15) is 9.59 Å². The number of rotatable bonds is 7. The quantitative estimate of drug-likeness (QED) is 0.475. The maximum absolute atomic E-state index is 13.3. The Labute approximate surface area is 202 Å². The molecule has 1 aliphatic heterocycles. The first kappa shape index (κ1) is 23.0. The summed E-state index contributed by atoms with van der Waals surface area (Å²) in [5, 5.41) is 3.60. The number of nitrogens with zero attached hydrogens (tertiary/aromatic N) is 1. The van der Waals surface area contributed by atoms with Gasteiger partial charge in [0.05, 0.1) is 17.7 Å². The van der Waals surface area contributed by atoms with Gasteiger partial charge in [-0.1, -0.05) is 59.8 Å². The van der Waals surface area contributed by atoms with Crippen LogP contribution in [-0.4, -0.2) is 32.0 Å². The monoisotopic (exact) mass is 478 g/mol. The summed E-state index contributed by atoms with van der Waals surface area (Å²) in [6.07, 6.45) is 2.53. The van der Waals surface area contributed by atoms with Crippen molar-refractivity contribution < 1.29 is 14.3 Å². The number of carbonyl (C=O) groups excluding carboxylic acids is 2. The number of halogens is 1. The zero-order valence-corrected chi connectivity index (χ0v) is 19.7. The number of hydrogen-bond donors (Lipinski definition) is 1. The molecule has 3 aromatic rings. The lowest BCUT2D eigenvalue weighted by Gasteiger charge is -2.29.